The number of aromatic nitrogens is 1. The third-order valence-electron chi connectivity index (χ3n) is 2.55. The number of β-amino-alcohol motifs (C(OH)–C–C–N with tert-alkyl or cyclic N) is 1. The SMILES string of the molecule is O=C(NCCc1nccs1)C1CC(O)CN1. The zero-order valence-corrected chi connectivity index (χ0v) is 9.67. The van der Waals surface area contributed by atoms with Crippen LogP contribution in [0.4, 0.5) is 0 Å². The summed E-state index contributed by atoms with van der Waals surface area (Å²) < 4.78 is 0. The van der Waals surface area contributed by atoms with Gasteiger partial charge in [0.25, 0.3) is 0 Å². The number of hydrogen-bond acceptors (Lipinski definition) is 5. The van der Waals surface area contributed by atoms with Crippen LogP contribution in [0.15, 0.2) is 11.6 Å². The molecule has 1 saturated heterocycles. The van der Waals surface area contributed by atoms with Crippen molar-refractivity contribution in [3.8, 4) is 0 Å². The Balaban J connectivity index is 1.68. The van der Waals surface area contributed by atoms with Crippen LogP contribution in [0.3, 0.4) is 0 Å². The Hall–Kier alpha value is -0.980. The molecule has 0 radical (unpaired) electrons. The fourth-order valence-electron chi connectivity index (χ4n) is 1.71. The van der Waals surface area contributed by atoms with Crippen molar-refractivity contribution in [3.05, 3.63) is 16.6 Å². The van der Waals surface area contributed by atoms with E-state index in [0.29, 0.717) is 19.5 Å². The first-order valence-corrected chi connectivity index (χ1v) is 6.21. The second kappa shape index (κ2) is 5.38. The summed E-state index contributed by atoms with van der Waals surface area (Å²) in [6, 6.07) is -0.244. The van der Waals surface area contributed by atoms with Gasteiger partial charge in [-0.2, -0.15) is 0 Å². The Labute approximate surface area is 97.9 Å². The molecule has 0 aromatic carbocycles. The number of aliphatic hydroxyl groups is 1. The molecule has 5 nitrogen and oxygen atoms in total. The molecule has 1 aromatic rings. The summed E-state index contributed by atoms with van der Waals surface area (Å²) in [5, 5.41) is 18.0. The van der Waals surface area contributed by atoms with Crippen LogP contribution in [-0.4, -0.2) is 41.2 Å². The lowest BCUT2D eigenvalue weighted by Crippen LogP contribution is -2.41. The van der Waals surface area contributed by atoms with Gasteiger partial charge in [0.15, 0.2) is 0 Å². The van der Waals surface area contributed by atoms with Gasteiger partial charge >= 0.3 is 0 Å². The highest BCUT2D eigenvalue weighted by Gasteiger charge is 2.27. The molecule has 1 aliphatic rings. The molecule has 2 atom stereocenters. The lowest BCUT2D eigenvalue weighted by atomic mass is 10.2. The molecular weight excluding hydrogens is 226 g/mol. The van der Waals surface area contributed by atoms with E-state index < -0.39 is 6.10 Å². The van der Waals surface area contributed by atoms with Crippen molar-refractivity contribution in [2.24, 2.45) is 0 Å². The van der Waals surface area contributed by atoms with Crippen molar-refractivity contribution < 1.29 is 9.90 Å². The van der Waals surface area contributed by atoms with Gasteiger partial charge in [-0.1, -0.05) is 0 Å². The van der Waals surface area contributed by atoms with Gasteiger partial charge in [-0.15, -0.1) is 11.3 Å². The fraction of sp³-hybridized carbons (Fsp3) is 0.600. The minimum absolute atomic E-state index is 0.0342. The fourth-order valence-corrected chi connectivity index (χ4v) is 2.33. The Kier molecular flexibility index (Phi) is 3.87. The first-order chi connectivity index (χ1) is 7.75. The summed E-state index contributed by atoms with van der Waals surface area (Å²) >= 11 is 1.59. The van der Waals surface area contributed by atoms with Gasteiger partial charge in [0.2, 0.25) is 5.91 Å². The molecule has 0 aliphatic carbocycles. The molecule has 16 heavy (non-hydrogen) atoms. The van der Waals surface area contributed by atoms with Crippen molar-refractivity contribution in [2.75, 3.05) is 13.1 Å². The van der Waals surface area contributed by atoms with Gasteiger partial charge < -0.3 is 15.7 Å². The molecule has 6 heteroatoms. The topological polar surface area (TPSA) is 74.2 Å². The molecular formula is C10H15N3O2S. The molecule has 0 bridgehead atoms. The average Bonchev–Trinajstić information content (AvgIpc) is 2.89. The smallest absolute Gasteiger partial charge is 0.237 e. The molecule has 1 aliphatic heterocycles. The Morgan fingerprint density at radius 1 is 1.75 bits per heavy atom. The Bertz CT molecular complexity index is 342. The lowest BCUT2D eigenvalue weighted by Gasteiger charge is -2.10. The minimum Gasteiger partial charge on any atom is -0.392 e. The van der Waals surface area contributed by atoms with Crippen molar-refractivity contribution in [1.82, 2.24) is 15.6 Å². The predicted octanol–water partition coefficient (Wildman–Crippen LogP) is -0.475. The highest BCUT2D eigenvalue weighted by atomic mass is 32.1. The average molecular weight is 241 g/mol. The Morgan fingerprint density at radius 3 is 3.25 bits per heavy atom. The first kappa shape index (κ1) is 11.5. The van der Waals surface area contributed by atoms with Crippen LogP contribution >= 0.6 is 11.3 Å². The zero-order valence-electron chi connectivity index (χ0n) is 8.85. The van der Waals surface area contributed by atoms with Gasteiger partial charge in [-0.05, 0) is 6.42 Å². The second-order valence-corrected chi connectivity index (χ2v) is 4.80. The summed E-state index contributed by atoms with van der Waals surface area (Å²) in [4.78, 5) is 15.8. The predicted molar refractivity (Wildman–Crippen MR) is 61.2 cm³/mol. The summed E-state index contributed by atoms with van der Waals surface area (Å²) in [5.74, 6) is -0.0342. The quantitative estimate of drug-likeness (QED) is 0.666. The van der Waals surface area contributed by atoms with E-state index in [9.17, 15) is 9.90 Å². The third kappa shape index (κ3) is 3.01. The van der Waals surface area contributed by atoms with Crippen molar-refractivity contribution in [3.63, 3.8) is 0 Å². The molecule has 2 unspecified atom stereocenters. The number of nitrogens with zero attached hydrogens (tertiary/aromatic N) is 1. The molecule has 1 aromatic heterocycles. The second-order valence-electron chi connectivity index (χ2n) is 3.82. The minimum atomic E-state index is -0.394. The van der Waals surface area contributed by atoms with Crippen LogP contribution in [0.25, 0.3) is 0 Å². The number of nitrogens with one attached hydrogen (secondary N) is 2. The van der Waals surface area contributed by atoms with Crippen LogP contribution in [0, 0.1) is 0 Å². The van der Waals surface area contributed by atoms with E-state index in [1.54, 1.807) is 17.5 Å². The van der Waals surface area contributed by atoms with E-state index in [0.717, 1.165) is 11.4 Å². The molecule has 1 amide bonds. The Morgan fingerprint density at radius 2 is 2.62 bits per heavy atom. The summed E-state index contributed by atoms with van der Waals surface area (Å²) in [5.41, 5.74) is 0. The highest BCUT2D eigenvalue weighted by molar-refractivity contribution is 7.09. The van der Waals surface area contributed by atoms with Crippen LogP contribution in [0.2, 0.25) is 0 Å². The van der Waals surface area contributed by atoms with Gasteiger partial charge in [0.1, 0.15) is 0 Å². The third-order valence-corrected chi connectivity index (χ3v) is 3.39. The van der Waals surface area contributed by atoms with Crippen LogP contribution in [0.5, 0.6) is 0 Å². The number of carbonyl (C=O) groups is 1. The van der Waals surface area contributed by atoms with Crippen molar-refractivity contribution >= 4 is 17.2 Å². The van der Waals surface area contributed by atoms with E-state index in [4.69, 9.17) is 0 Å². The van der Waals surface area contributed by atoms with E-state index >= 15 is 0 Å². The largest absolute Gasteiger partial charge is 0.392 e. The lowest BCUT2D eigenvalue weighted by molar-refractivity contribution is -0.122. The number of aliphatic hydroxyl groups excluding tert-OH is 1. The number of amides is 1. The maximum atomic E-state index is 11.6. The molecule has 0 saturated carbocycles. The maximum Gasteiger partial charge on any atom is 0.237 e. The first-order valence-electron chi connectivity index (χ1n) is 5.33. The van der Waals surface area contributed by atoms with Gasteiger partial charge in [-0.25, -0.2) is 4.98 Å². The molecule has 2 rings (SSSR count). The molecule has 3 N–H and O–H groups in total. The van der Waals surface area contributed by atoms with Gasteiger partial charge in [-0.3, -0.25) is 4.79 Å². The number of thiazole rings is 1. The van der Waals surface area contributed by atoms with E-state index in [1.807, 2.05) is 5.38 Å². The number of hydrogen-bond donors (Lipinski definition) is 3. The van der Waals surface area contributed by atoms with Gasteiger partial charge in [0.05, 0.1) is 17.2 Å². The van der Waals surface area contributed by atoms with Crippen molar-refractivity contribution in [1.29, 1.82) is 0 Å². The highest BCUT2D eigenvalue weighted by Crippen LogP contribution is 2.06. The molecule has 0 spiro atoms. The van der Waals surface area contributed by atoms with E-state index in [1.165, 1.54) is 0 Å². The van der Waals surface area contributed by atoms with E-state index in [2.05, 4.69) is 15.6 Å². The van der Waals surface area contributed by atoms with E-state index in [-0.39, 0.29) is 11.9 Å². The van der Waals surface area contributed by atoms with Crippen molar-refractivity contribution in [2.45, 2.75) is 25.0 Å². The normalized spacial score (nSPS) is 24.6. The van der Waals surface area contributed by atoms with Crippen LogP contribution in [0.1, 0.15) is 11.4 Å². The molecule has 1 fully saturated rings. The molecule has 88 valence electrons. The van der Waals surface area contributed by atoms with Crippen LogP contribution < -0.4 is 10.6 Å². The monoisotopic (exact) mass is 241 g/mol. The summed E-state index contributed by atoms with van der Waals surface area (Å²) in [6.07, 6.45) is 2.63. The van der Waals surface area contributed by atoms with Gasteiger partial charge in [0, 0.05) is 31.1 Å². The summed E-state index contributed by atoms with van der Waals surface area (Å²) in [6.45, 7) is 1.10. The standard InChI is InChI=1S/C10H15N3O2S/c14-7-5-8(13-6-7)10(15)12-2-1-9-11-3-4-16-9/h3-4,7-8,13-14H,1-2,5-6H2,(H,12,15). The summed E-state index contributed by atoms with van der Waals surface area (Å²) in [7, 11) is 0. The number of rotatable bonds is 4. The molecule has 2 heterocycles. The number of carbonyl (C=O) groups excluding carboxylic acids is 1. The zero-order chi connectivity index (χ0) is 11.4. The van der Waals surface area contributed by atoms with Crippen LogP contribution in [-0.2, 0) is 11.2 Å². The maximum absolute atomic E-state index is 11.6.